The van der Waals surface area contributed by atoms with E-state index in [1.54, 1.807) is 24.3 Å². The van der Waals surface area contributed by atoms with E-state index in [1.807, 2.05) is 0 Å². The number of halogens is 1. The molecular weight excluding hydrogens is 347 g/mol. The van der Waals surface area contributed by atoms with Crippen LogP contribution in [0.4, 0.5) is 4.39 Å². The summed E-state index contributed by atoms with van der Waals surface area (Å²) in [5.74, 6) is 0.455. The lowest BCUT2D eigenvalue weighted by molar-refractivity contribution is -0.124. The van der Waals surface area contributed by atoms with E-state index in [1.165, 1.54) is 16.4 Å². The van der Waals surface area contributed by atoms with Crippen LogP contribution >= 0.6 is 0 Å². The van der Waals surface area contributed by atoms with Crippen molar-refractivity contribution in [2.45, 2.75) is 25.4 Å². The van der Waals surface area contributed by atoms with Gasteiger partial charge in [-0.1, -0.05) is 0 Å². The standard InChI is InChI=1S/C17H19FN2O4S/c1-25(22,23)20-10-2-3-15(20)17(21)19-11-14-8-9-16(24-14)12-4-6-13(18)7-5-12/h4-9,15H,2-3,10-11H2,1H3,(H,19,21)/t15-/m0/s1. The van der Waals surface area contributed by atoms with Crippen LogP contribution in [0.3, 0.4) is 0 Å². The summed E-state index contributed by atoms with van der Waals surface area (Å²) in [6, 6.07) is 8.72. The van der Waals surface area contributed by atoms with Gasteiger partial charge in [0.25, 0.3) is 0 Å². The van der Waals surface area contributed by atoms with Crippen LogP contribution in [0.25, 0.3) is 11.3 Å². The fourth-order valence-corrected chi connectivity index (χ4v) is 4.06. The maximum absolute atomic E-state index is 13.0. The van der Waals surface area contributed by atoms with Crippen molar-refractivity contribution in [1.82, 2.24) is 9.62 Å². The van der Waals surface area contributed by atoms with Crippen molar-refractivity contribution in [1.29, 1.82) is 0 Å². The first-order chi connectivity index (χ1) is 11.8. The third kappa shape index (κ3) is 4.08. The molecule has 1 aliphatic rings. The van der Waals surface area contributed by atoms with Crippen molar-refractivity contribution < 1.29 is 22.0 Å². The highest BCUT2D eigenvalue weighted by molar-refractivity contribution is 7.88. The Bertz CT molecular complexity index is 861. The predicted octanol–water partition coefficient (Wildman–Crippen LogP) is 2.13. The monoisotopic (exact) mass is 366 g/mol. The molecule has 2 aromatic rings. The molecule has 134 valence electrons. The van der Waals surface area contributed by atoms with Crippen LogP contribution in [0.15, 0.2) is 40.8 Å². The third-order valence-corrected chi connectivity index (χ3v) is 5.45. The average molecular weight is 366 g/mol. The van der Waals surface area contributed by atoms with E-state index in [9.17, 15) is 17.6 Å². The van der Waals surface area contributed by atoms with Crippen molar-refractivity contribution in [3.63, 3.8) is 0 Å². The molecule has 2 heterocycles. The van der Waals surface area contributed by atoms with Crippen LogP contribution in [-0.2, 0) is 21.4 Å². The normalized spacial score (nSPS) is 18.4. The minimum Gasteiger partial charge on any atom is -0.459 e. The summed E-state index contributed by atoms with van der Waals surface area (Å²) in [5.41, 5.74) is 0.734. The second-order valence-corrected chi connectivity index (χ2v) is 7.96. The van der Waals surface area contributed by atoms with Crippen molar-refractivity contribution in [3.8, 4) is 11.3 Å². The molecule has 6 nitrogen and oxygen atoms in total. The van der Waals surface area contributed by atoms with Crippen LogP contribution in [-0.4, -0.2) is 37.5 Å². The van der Waals surface area contributed by atoms with Crippen molar-refractivity contribution in [2.24, 2.45) is 0 Å². The molecule has 0 saturated carbocycles. The van der Waals surface area contributed by atoms with Crippen molar-refractivity contribution in [2.75, 3.05) is 12.8 Å². The summed E-state index contributed by atoms with van der Waals surface area (Å²) in [4.78, 5) is 12.3. The number of carbonyl (C=O) groups excluding carboxylic acids is 1. The van der Waals surface area contributed by atoms with Crippen molar-refractivity contribution in [3.05, 3.63) is 48.0 Å². The molecule has 1 atom stereocenters. The maximum atomic E-state index is 13.0. The van der Waals surface area contributed by atoms with Crippen LogP contribution in [0.5, 0.6) is 0 Å². The Hall–Kier alpha value is -2.19. The quantitative estimate of drug-likeness (QED) is 0.879. The van der Waals surface area contributed by atoms with Gasteiger partial charge in [0.05, 0.1) is 12.8 Å². The second-order valence-electron chi connectivity index (χ2n) is 6.02. The Morgan fingerprint density at radius 1 is 1.28 bits per heavy atom. The molecule has 1 N–H and O–H groups in total. The van der Waals surface area contributed by atoms with Gasteiger partial charge in [-0.15, -0.1) is 0 Å². The molecule has 8 heteroatoms. The molecule has 1 aromatic carbocycles. The van der Waals surface area contributed by atoms with Crippen LogP contribution < -0.4 is 5.32 Å². The minimum atomic E-state index is -3.40. The van der Waals surface area contributed by atoms with E-state index >= 15 is 0 Å². The molecule has 1 fully saturated rings. The zero-order chi connectivity index (χ0) is 18.0. The van der Waals surface area contributed by atoms with Crippen LogP contribution in [0.1, 0.15) is 18.6 Å². The Kier molecular flexibility index (Phi) is 4.91. The van der Waals surface area contributed by atoms with E-state index in [-0.39, 0.29) is 18.3 Å². The Balaban J connectivity index is 1.62. The molecule has 1 aliphatic heterocycles. The molecule has 0 radical (unpaired) electrons. The number of amides is 1. The molecule has 0 bridgehead atoms. The van der Waals surface area contributed by atoms with Crippen molar-refractivity contribution >= 4 is 15.9 Å². The first kappa shape index (κ1) is 17.6. The largest absolute Gasteiger partial charge is 0.459 e. The number of rotatable bonds is 5. The lowest BCUT2D eigenvalue weighted by Gasteiger charge is -2.21. The maximum Gasteiger partial charge on any atom is 0.238 e. The summed E-state index contributed by atoms with van der Waals surface area (Å²) < 4.78 is 43.2. The van der Waals surface area contributed by atoms with Gasteiger partial charge in [-0.2, -0.15) is 4.31 Å². The number of sulfonamides is 1. The molecule has 25 heavy (non-hydrogen) atoms. The number of nitrogens with one attached hydrogen (secondary N) is 1. The van der Waals surface area contributed by atoms with E-state index < -0.39 is 16.1 Å². The number of furan rings is 1. The fraction of sp³-hybridized carbons (Fsp3) is 0.353. The highest BCUT2D eigenvalue weighted by atomic mass is 32.2. The minimum absolute atomic E-state index is 0.161. The number of hydrogen-bond donors (Lipinski definition) is 1. The molecular formula is C17H19FN2O4S. The predicted molar refractivity (Wildman–Crippen MR) is 90.5 cm³/mol. The van der Waals surface area contributed by atoms with Crippen LogP contribution in [0, 0.1) is 5.82 Å². The smallest absolute Gasteiger partial charge is 0.238 e. The van der Waals surface area contributed by atoms with Crippen LogP contribution in [0.2, 0.25) is 0 Å². The summed E-state index contributed by atoms with van der Waals surface area (Å²) in [7, 11) is -3.40. The molecule has 0 unspecified atom stereocenters. The van der Waals surface area contributed by atoms with Gasteiger partial charge in [0.2, 0.25) is 15.9 Å². The number of hydrogen-bond acceptors (Lipinski definition) is 4. The van der Waals surface area contributed by atoms with Gasteiger partial charge in [0.1, 0.15) is 23.4 Å². The Morgan fingerprint density at radius 2 is 2.00 bits per heavy atom. The fourth-order valence-electron chi connectivity index (χ4n) is 2.93. The molecule has 1 aromatic heterocycles. The number of carbonyl (C=O) groups is 1. The summed E-state index contributed by atoms with van der Waals surface area (Å²) in [6.07, 6.45) is 2.29. The first-order valence-corrected chi connectivity index (χ1v) is 9.78. The molecule has 0 spiro atoms. The molecule has 3 rings (SSSR count). The van der Waals surface area contributed by atoms with Gasteiger partial charge in [0.15, 0.2) is 0 Å². The zero-order valence-electron chi connectivity index (χ0n) is 13.7. The first-order valence-electron chi connectivity index (χ1n) is 7.94. The van der Waals surface area contributed by atoms with E-state index in [0.29, 0.717) is 30.9 Å². The van der Waals surface area contributed by atoms with Gasteiger partial charge < -0.3 is 9.73 Å². The number of nitrogens with zero attached hydrogens (tertiary/aromatic N) is 1. The van der Waals surface area contributed by atoms with Gasteiger partial charge >= 0.3 is 0 Å². The van der Waals surface area contributed by atoms with E-state index in [2.05, 4.69) is 5.32 Å². The summed E-state index contributed by atoms with van der Waals surface area (Å²) >= 11 is 0. The Morgan fingerprint density at radius 3 is 2.68 bits per heavy atom. The molecule has 1 saturated heterocycles. The van der Waals surface area contributed by atoms with Gasteiger partial charge in [-0.25, -0.2) is 12.8 Å². The van der Waals surface area contributed by atoms with Gasteiger partial charge in [0, 0.05) is 12.1 Å². The molecule has 1 amide bonds. The summed E-state index contributed by atoms with van der Waals surface area (Å²) in [6.45, 7) is 0.528. The lowest BCUT2D eigenvalue weighted by atomic mass is 10.2. The van der Waals surface area contributed by atoms with Gasteiger partial charge in [-0.05, 0) is 49.2 Å². The van der Waals surface area contributed by atoms with E-state index in [0.717, 1.165) is 11.8 Å². The topological polar surface area (TPSA) is 79.6 Å². The zero-order valence-corrected chi connectivity index (χ0v) is 14.6. The third-order valence-electron chi connectivity index (χ3n) is 4.16. The lowest BCUT2D eigenvalue weighted by Crippen LogP contribution is -2.45. The highest BCUT2D eigenvalue weighted by Gasteiger charge is 2.36. The van der Waals surface area contributed by atoms with E-state index in [4.69, 9.17) is 4.42 Å². The second kappa shape index (κ2) is 6.97. The highest BCUT2D eigenvalue weighted by Crippen LogP contribution is 2.23. The Labute approximate surface area is 145 Å². The molecule has 0 aliphatic carbocycles. The average Bonchev–Trinajstić information content (AvgIpc) is 3.22. The number of benzene rings is 1. The summed E-state index contributed by atoms with van der Waals surface area (Å²) in [5, 5.41) is 2.72. The van der Waals surface area contributed by atoms with Gasteiger partial charge in [-0.3, -0.25) is 4.79 Å². The SMILES string of the molecule is CS(=O)(=O)N1CCC[C@H]1C(=O)NCc1ccc(-c2ccc(F)cc2)o1.